The van der Waals surface area contributed by atoms with Crippen LogP contribution < -0.4 is 10.3 Å². The van der Waals surface area contributed by atoms with Crippen LogP contribution in [0.4, 0.5) is 0 Å². The summed E-state index contributed by atoms with van der Waals surface area (Å²) in [6.45, 7) is 7.22. The zero-order chi connectivity index (χ0) is 23.5. The summed E-state index contributed by atoms with van der Waals surface area (Å²) >= 11 is 1.48. The summed E-state index contributed by atoms with van der Waals surface area (Å²) in [6, 6.07) is 19.0. The third-order valence-electron chi connectivity index (χ3n) is 5.66. The molecule has 1 aromatic heterocycles. The second-order valence-corrected chi connectivity index (χ2v) is 9.73. The number of ether oxygens (including phenoxy) is 1. The average Bonchev–Trinajstić information content (AvgIpc) is 3.11. The Morgan fingerprint density at radius 2 is 1.85 bits per heavy atom. The SMILES string of the molecule is Cc1ccc(-c2cccc(COc3ccc4c(=O)n(CCC(C)C)sc4c3)c2)cc1C(=O)O. The summed E-state index contributed by atoms with van der Waals surface area (Å²) in [5, 5.41) is 10.1. The molecule has 0 saturated carbocycles. The molecule has 1 heterocycles. The summed E-state index contributed by atoms with van der Waals surface area (Å²) < 4.78 is 8.77. The number of hydrogen-bond acceptors (Lipinski definition) is 4. The van der Waals surface area contributed by atoms with Gasteiger partial charge in [0, 0.05) is 6.54 Å². The molecule has 0 aliphatic heterocycles. The molecule has 0 radical (unpaired) electrons. The number of aryl methyl sites for hydroxylation is 2. The van der Waals surface area contributed by atoms with Crippen molar-refractivity contribution in [3.63, 3.8) is 0 Å². The van der Waals surface area contributed by atoms with Gasteiger partial charge in [-0.25, -0.2) is 4.79 Å². The average molecular weight is 462 g/mol. The quantitative estimate of drug-likeness (QED) is 0.331. The lowest BCUT2D eigenvalue weighted by Crippen LogP contribution is -2.13. The second-order valence-electron chi connectivity index (χ2n) is 8.66. The van der Waals surface area contributed by atoms with E-state index in [1.807, 2.05) is 58.6 Å². The van der Waals surface area contributed by atoms with E-state index in [0.29, 0.717) is 23.8 Å². The molecule has 0 atom stereocenters. The van der Waals surface area contributed by atoms with Crippen molar-refractivity contribution < 1.29 is 14.6 Å². The first kappa shape index (κ1) is 22.8. The number of rotatable bonds is 8. The molecule has 0 spiro atoms. The Balaban J connectivity index is 1.51. The first-order valence-corrected chi connectivity index (χ1v) is 11.8. The van der Waals surface area contributed by atoms with Gasteiger partial charge in [-0.1, -0.05) is 55.7 Å². The molecule has 0 aliphatic rings. The summed E-state index contributed by atoms with van der Waals surface area (Å²) in [7, 11) is 0. The van der Waals surface area contributed by atoms with E-state index in [2.05, 4.69) is 13.8 Å². The molecule has 0 saturated heterocycles. The Bertz CT molecular complexity index is 1370. The third kappa shape index (κ3) is 5.17. The first-order chi connectivity index (χ1) is 15.8. The number of nitrogens with zero attached hydrogens (tertiary/aromatic N) is 1. The van der Waals surface area contributed by atoms with E-state index < -0.39 is 5.97 Å². The van der Waals surface area contributed by atoms with Crippen LogP contribution in [0.3, 0.4) is 0 Å². The predicted molar refractivity (Wildman–Crippen MR) is 133 cm³/mol. The highest BCUT2D eigenvalue weighted by atomic mass is 32.1. The minimum absolute atomic E-state index is 0.0636. The maximum absolute atomic E-state index is 12.6. The van der Waals surface area contributed by atoms with Gasteiger partial charge in [0.1, 0.15) is 12.4 Å². The van der Waals surface area contributed by atoms with Crippen molar-refractivity contribution in [1.82, 2.24) is 3.96 Å². The zero-order valence-electron chi connectivity index (χ0n) is 19.0. The molecular formula is C27H27NO4S. The van der Waals surface area contributed by atoms with E-state index in [9.17, 15) is 14.7 Å². The van der Waals surface area contributed by atoms with Crippen LogP contribution in [-0.2, 0) is 13.2 Å². The number of carbonyl (C=O) groups is 1. The smallest absolute Gasteiger partial charge is 0.335 e. The monoisotopic (exact) mass is 461 g/mol. The van der Waals surface area contributed by atoms with Crippen LogP contribution >= 0.6 is 11.5 Å². The number of hydrogen-bond donors (Lipinski definition) is 1. The Kier molecular flexibility index (Phi) is 6.65. The molecule has 170 valence electrons. The summed E-state index contributed by atoms with van der Waals surface area (Å²) in [4.78, 5) is 24.1. The molecule has 4 aromatic rings. The summed E-state index contributed by atoms with van der Waals surface area (Å²) in [6.07, 6.45) is 0.974. The molecule has 0 unspecified atom stereocenters. The van der Waals surface area contributed by atoms with Gasteiger partial charge in [-0.3, -0.25) is 8.75 Å². The minimum atomic E-state index is -0.926. The van der Waals surface area contributed by atoms with Gasteiger partial charge in [-0.2, -0.15) is 0 Å². The summed E-state index contributed by atoms with van der Waals surface area (Å²) in [5.41, 5.74) is 3.88. The molecule has 33 heavy (non-hydrogen) atoms. The Morgan fingerprint density at radius 3 is 2.61 bits per heavy atom. The van der Waals surface area contributed by atoms with Gasteiger partial charge in [0.15, 0.2) is 0 Å². The predicted octanol–water partition coefficient (Wildman–Crippen LogP) is 6.36. The van der Waals surface area contributed by atoms with Crippen molar-refractivity contribution in [1.29, 1.82) is 0 Å². The van der Waals surface area contributed by atoms with E-state index in [4.69, 9.17) is 4.74 Å². The van der Waals surface area contributed by atoms with Crippen molar-refractivity contribution >= 4 is 27.6 Å². The van der Waals surface area contributed by atoms with E-state index in [1.54, 1.807) is 13.0 Å². The largest absolute Gasteiger partial charge is 0.489 e. The van der Waals surface area contributed by atoms with Gasteiger partial charge in [0.2, 0.25) is 0 Å². The molecule has 0 aliphatic carbocycles. The molecule has 4 rings (SSSR count). The minimum Gasteiger partial charge on any atom is -0.489 e. The van der Waals surface area contributed by atoms with Crippen LogP contribution in [0.5, 0.6) is 5.75 Å². The van der Waals surface area contributed by atoms with Crippen LogP contribution in [0.15, 0.2) is 65.5 Å². The van der Waals surface area contributed by atoms with E-state index in [0.717, 1.165) is 45.3 Å². The van der Waals surface area contributed by atoms with Crippen molar-refractivity contribution in [3.05, 3.63) is 87.7 Å². The standard InChI is InChI=1S/C27H27NO4S/c1-17(2)11-12-28-26(29)23-10-9-22(15-25(23)33-28)32-16-19-5-4-6-20(13-19)21-8-7-18(3)24(14-21)27(30)31/h4-10,13-15,17H,11-12,16H2,1-3H3,(H,30,31). The molecule has 5 nitrogen and oxygen atoms in total. The van der Waals surface area contributed by atoms with Crippen molar-refractivity contribution in [3.8, 4) is 16.9 Å². The number of fused-ring (bicyclic) bond motifs is 1. The van der Waals surface area contributed by atoms with Gasteiger partial charge in [0.05, 0.1) is 15.6 Å². The van der Waals surface area contributed by atoms with Gasteiger partial charge in [-0.15, -0.1) is 0 Å². The van der Waals surface area contributed by atoms with E-state index >= 15 is 0 Å². The van der Waals surface area contributed by atoms with Crippen LogP contribution in [-0.4, -0.2) is 15.0 Å². The zero-order valence-corrected chi connectivity index (χ0v) is 19.8. The lowest BCUT2D eigenvalue weighted by molar-refractivity contribution is 0.0696. The Labute approximate surface area is 197 Å². The van der Waals surface area contributed by atoms with Crippen molar-refractivity contribution in [2.24, 2.45) is 5.92 Å². The fraction of sp³-hybridized carbons (Fsp3) is 0.259. The van der Waals surface area contributed by atoms with Gasteiger partial charge in [0.25, 0.3) is 5.56 Å². The number of carboxylic acids is 1. The van der Waals surface area contributed by atoms with Gasteiger partial charge >= 0.3 is 5.97 Å². The maximum atomic E-state index is 12.6. The fourth-order valence-corrected chi connectivity index (χ4v) is 4.74. The molecule has 6 heteroatoms. The number of aromatic nitrogens is 1. The number of aromatic carboxylic acids is 1. The molecule has 3 aromatic carbocycles. The van der Waals surface area contributed by atoms with Crippen molar-refractivity contribution in [2.45, 2.75) is 40.3 Å². The van der Waals surface area contributed by atoms with Gasteiger partial charge < -0.3 is 9.84 Å². The first-order valence-electron chi connectivity index (χ1n) is 11.0. The lowest BCUT2D eigenvalue weighted by atomic mass is 9.98. The molecular weight excluding hydrogens is 434 g/mol. The highest BCUT2D eigenvalue weighted by Crippen LogP contribution is 2.26. The highest BCUT2D eigenvalue weighted by molar-refractivity contribution is 7.13. The Morgan fingerprint density at radius 1 is 1.06 bits per heavy atom. The van der Waals surface area contributed by atoms with E-state index in [1.165, 1.54) is 11.5 Å². The van der Waals surface area contributed by atoms with Crippen LogP contribution in [0.25, 0.3) is 21.2 Å². The fourth-order valence-electron chi connectivity index (χ4n) is 3.70. The molecule has 1 N–H and O–H groups in total. The van der Waals surface area contributed by atoms with Crippen LogP contribution in [0, 0.1) is 12.8 Å². The normalized spacial score (nSPS) is 11.3. The van der Waals surface area contributed by atoms with Gasteiger partial charge in [-0.05, 0) is 71.8 Å². The lowest BCUT2D eigenvalue weighted by Gasteiger charge is -2.10. The maximum Gasteiger partial charge on any atom is 0.335 e. The second kappa shape index (κ2) is 9.63. The van der Waals surface area contributed by atoms with Crippen molar-refractivity contribution in [2.75, 3.05) is 0 Å². The topological polar surface area (TPSA) is 68.5 Å². The number of carboxylic acid groups (broad SMARTS) is 1. The summed E-state index contributed by atoms with van der Waals surface area (Å²) in [5.74, 6) is 0.339. The molecule has 0 bridgehead atoms. The highest BCUT2D eigenvalue weighted by Gasteiger charge is 2.11. The Hall–Kier alpha value is -3.38. The molecule has 0 fully saturated rings. The van der Waals surface area contributed by atoms with Crippen LogP contribution in [0.2, 0.25) is 0 Å². The molecule has 0 amide bonds. The number of benzene rings is 3. The van der Waals surface area contributed by atoms with E-state index in [-0.39, 0.29) is 5.56 Å². The third-order valence-corrected chi connectivity index (χ3v) is 6.77. The van der Waals surface area contributed by atoms with Crippen LogP contribution in [0.1, 0.15) is 41.8 Å².